The first-order valence-electron chi connectivity index (χ1n) is 8.17. The van der Waals surface area contributed by atoms with Crippen LogP contribution in [0.25, 0.3) is 0 Å². The Bertz CT molecular complexity index is 413. The van der Waals surface area contributed by atoms with Crippen LogP contribution in [0, 0.1) is 11.7 Å². The fourth-order valence-electron chi connectivity index (χ4n) is 3.16. The lowest BCUT2D eigenvalue weighted by Crippen LogP contribution is -2.46. The summed E-state index contributed by atoms with van der Waals surface area (Å²) in [6.07, 6.45) is 2.17. The van der Waals surface area contributed by atoms with Crippen molar-refractivity contribution in [2.24, 2.45) is 11.7 Å². The third-order valence-electron chi connectivity index (χ3n) is 4.03. The Labute approximate surface area is 129 Å². The second kappa shape index (κ2) is 8.50. The van der Waals surface area contributed by atoms with E-state index in [1.165, 1.54) is 6.07 Å². The van der Waals surface area contributed by atoms with Crippen molar-refractivity contribution in [1.29, 1.82) is 0 Å². The summed E-state index contributed by atoms with van der Waals surface area (Å²) in [6, 6.07) is 7.40. The average molecular weight is 294 g/mol. The minimum Gasteiger partial charge on any atom is -0.326 e. The maximum Gasteiger partial charge on any atom is 0.123 e. The average Bonchev–Trinajstić information content (AvgIpc) is 2.39. The van der Waals surface area contributed by atoms with Gasteiger partial charge in [-0.15, -0.1) is 0 Å². The summed E-state index contributed by atoms with van der Waals surface area (Å²) < 4.78 is 13.6. The van der Waals surface area contributed by atoms with E-state index in [0.29, 0.717) is 12.0 Å². The van der Waals surface area contributed by atoms with Crippen LogP contribution < -0.4 is 5.73 Å². The minimum absolute atomic E-state index is 0.0360. The molecule has 0 aliphatic heterocycles. The highest BCUT2D eigenvalue weighted by atomic mass is 19.1. The fraction of sp³-hybridized carbons (Fsp3) is 0.667. The molecular weight excluding hydrogens is 263 g/mol. The number of benzene rings is 1. The van der Waals surface area contributed by atoms with Gasteiger partial charge >= 0.3 is 0 Å². The third kappa shape index (κ3) is 5.08. The number of nitrogens with zero attached hydrogens (tertiary/aromatic N) is 1. The molecule has 21 heavy (non-hydrogen) atoms. The maximum atomic E-state index is 13.6. The standard InChI is InChI=1S/C18H31FN2/c1-6-17(7-2)21(12-13(3)4)18(14(5)20)15-9-8-10-16(19)11-15/h8-11,13-14,17-18H,6-7,12,20H2,1-5H3. The molecular formula is C18H31FN2. The van der Waals surface area contributed by atoms with E-state index < -0.39 is 0 Å². The van der Waals surface area contributed by atoms with E-state index >= 15 is 0 Å². The predicted molar refractivity (Wildman–Crippen MR) is 88.7 cm³/mol. The van der Waals surface area contributed by atoms with E-state index in [2.05, 4.69) is 32.6 Å². The molecule has 0 fully saturated rings. The highest BCUT2D eigenvalue weighted by Gasteiger charge is 2.29. The lowest BCUT2D eigenvalue weighted by atomic mass is 9.94. The van der Waals surface area contributed by atoms with Gasteiger partial charge in [-0.05, 0) is 43.4 Å². The summed E-state index contributed by atoms with van der Waals surface area (Å²) in [5.41, 5.74) is 7.26. The van der Waals surface area contributed by atoms with Crippen LogP contribution in [0.15, 0.2) is 24.3 Å². The zero-order valence-corrected chi connectivity index (χ0v) is 14.1. The van der Waals surface area contributed by atoms with Crippen LogP contribution in [0.1, 0.15) is 59.1 Å². The molecule has 0 aliphatic carbocycles. The van der Waals surface area contributed by atoms with E-state index in [9.17, 15) is 4.39 Å². The van der Waals surface area contributed by atoms with Gasteiger partial charge in [-0.3, -0.25) is 4.90 Å². The van der Waals surface area contributed by atoms with E-state index in [0.717, 1.165) is 24.9 Å². The highest BCUT2D eigenvalue weighted by Crippen LogP contribution is 2.29. The summed E-state index contributed by atoms with van der Waals surface area (Å²) in [6.45, 7) is 11.9. The lowest BCUT2D eigenvalue weighted by Gasteiger charge is -2.41. The molecule has 3 heteroatoms. The van der Waals surface area contributed by atoms with Crippen molar-refractivity contribution >= 4 is 0 Å². The molecule has 0 aromatic heterocycles. The Kier molecular flexibility index (Phi) is 7.33. The van der Waals surface area contributed by atoms with Crippen LogP contribution in [0.2, 0.25) is 0 Å². The van der Waals surface area contributed by atoms with Gasteiger partial charge in [0.1, 0.15) is 5.82 Å². The first-order chi connectivity index (χ1) is 9.90. The van der Waals surface area contributed by atoms with Crippen LogP contribution in [0.4, 0.5) is 4.39 Å². The molecule has 0 aliphatic rings. The zero-order chi connectivity index (χ0) is 16.0. The molecule has 0 radical (unpaired) electrons. The van der Waals surface area contributed by atoms with Gasteiger partial charge in [-0.1, -0.05) is 39.8 Å². The zero-order valence-electron chi connectivity index (χ0n) is 14.1. The first-order valence-corrected chi connectivity index (χ1v) is 8.17. The number of rotatable bonds is 8. The van der Waals surface area contributed by atoms with Crippen molar-refractivity contribution in [3.63, 3.8) is 0 Å². The minimum atomic E-state index is -0.188. The molecule has 2 atom stereocenters. The van der Waals surface area contributed by atoms with E-state index in [1.807, 2.05) is 13.0 Å². The molecule has 1 aromatic carbocycles. The van der Waals surface area contributed by atoms with E-state index in [1.54, 1.807) is 12.1 Å². The first kappa shape index (κ1) is 18.1. The van der Waals surface area contributed by atoms with E-state index in [-0.39, 0.29) is 17.9 Å². The number of nitrogens with two attached hydrogens (primary N) is 1. The molecule has 0 saturated heterocycles. The van der Waals surface area contributed by atoms with Crippen molar-refractivity contribution in [3.05, 3.63) is 35.6 Å². The van der Waals surface area contributed by atoms with Gasteiger partial charge in [0.05, 0.1) is 6.04 Å². The van der Waals surface area contributed by atoms with Crippen LogP contribution in [-0.4, -0.2) is 23.5 Å². The molecule has 0 saturated carbocycles. The summed E-state index contributed by atoms with van der Waals surface area (Å²) >= 11 is 0. The second-order valence-electron chi connectivity index (χ2n) is 6.42. The van der Waals surface area contributed by atoms with Gasteiger partial charge in [-0.2, -0.15) is 0 Å². The van der Waals surface area contributed by atoms with Gasteiger partial charge in [0.25, 0.3) is 0 Å². The topological polar surface area (TPSA) is 29.3 Å². The third-order valence-corrected chi connectivity index (χ3v) is 4.03. The molecule has 120 valence electrons. The summed E-state index contributed by atoms with van der Waals surface area (Å²) in [5.74, 6) is 0.368. The maximum absolute atomic E-state index is 13.6. The predicted octanol–water partition coefficient (Wildman–Crippen LogP) is 4.36. The quantitative estimate of drug-likeness (QED) is 0.772. The van der Waals surface area contributed by atoms with Gasteiger partial charge < -0.3 is 5.73 Å². The van der Waals surface area contributed by atoms with Crippen LogP contribution in [-0.2, 0) is 0 Å². The fourth-order valence-corrected chi connectivity index (χ4v) is 3.16. The lowest BCUT2D eigenvalue weighted by molar-refractivity contribution is 0.0953. The smallest absolute Gasteiger partial charge is 0.123 e. The Balaban J connectivity index is 3.18. The van der Waals surface area contributed by atoms with Gasteiger partial charge in [0, 0.05) is 18.6 Å². The van der Waals surface area contributed by atoms with Crippen molar-refractivity contribution in [3.8, 4) is 0 Å². The highest BCUT2D eigenvalue weighted by molar-refractivity contribution is 5.22. The molecule has 0 heterocycles. The van der Waals surface area contributed by atoms with Crippen molar-refractivity contribution in [2.45, 2.75) is 65.6 Å². The largest absolute Gasteiger partial charge is 0.326 e. The van der Waals surface area contributed by atoms with Crippen molar-refractivity contribution in [2.75, 3.05) is 6.54 Å². The van der Waals surface area contributed by atoms with Crippen molar-refractivity contribution in [1.82, 2.24) is 4.90 Å². The SMILES string of the molecule is CCC(CC)N(CC(C)C)C(c1cccc(F)c1)C(C)N. The second-order valence-corrected chi connectivity index (χ2v) is 6.42. The number of hydrogen-bond donors (Lipinski definition) is 1. The Morgan fingerprint density at radius 3 is 2.19 bits per heavy atom. The Morgan fingerprint density at radius 1 is 1.14 bits per heavy atom. The molecule has 1 rings (SSSR count). The molecule has 2 nitrogen and oxygen atoms in total. The van der Waals surface area contributed by atoms with E-state index in [4.69, 9.17) is 5.73 Å². The van der Waals surface area contributed by atoms with Gasteiger partial charge in [-0.25, -0.2) is 4.39 Å². The van der Waals surface area contributed by atoms with Gasteiger partial charge in [0.2, 0.25) is 0 Å². The summed E-state index contributed by atoms with van der Waals surface area (Å²) in [7, 11) is 0. The molecule has 1 aromatic rings. The monoisotopic (exact) mass is 294 g/mol. The molecule has 0 bridgehead atoms. The van der Waals surface area contributed by atoms with Crippen LogP contribution >= 0.6 is 0 Å². The number of hydrogen-bond acceptors (Lipinski definition) is 2. The number of halogens is 1. The van der Waals surface area contributed by atoms with Gasteiger partial charge in [0.15, 0.2) is 0 Å². The van der Waals surface area contributed by atoms with Crippen LogP contribution in [0.3, 0.4) is 0 Å². The molecule has 0 spiro atoms. The summed E-state index contributed by atoms with van der Waals surface area (Å²) in [4.78, 5) is 2.48. The molecule has 2 unspecified atom stereocenters. The molecule has 2 N–H and O–H groups in total. The molecule has 0 amide bonds. The normalized spacial score (nSPS) is 15.0. The van der Waals surface area contributed by atoms with Crippen molar-refractivity contribution < 1.29 is 4.39 Å². The summed E-state index contributed by atoms with van der Waals surface area (Å²) in [5, 5.41) is 0. The Morgan fingerprint density at radius 2 is 1.76 bits per heavy atom. The Hall–Kier alpha value is -0.930. The van der Waals surface area contributed by atoms with Crippen LogP contribution in [0.5, 0.6) is 0 Å².